The van der Waals surface area contributed by atoms with Gasteiger partial charge in [-0.3, -0.25) is 14.4 Å². The molecule has 0 aliphatic heterocycles. The number of anilines is 2. The lowest BCUT2D eigenvalue weighted by Crippen LogP contribution is -2.30. The van der Waals surface area contributed by atoms with Crippen LogP contribution in [0.2, 0.25) is 10.0 Å². The number of esters is 1. The van der Waals surface area contributed by atoms with E-state index in [-0.39, 0.29) is 17.2 Å². The van der Waals surface area contributed by atoms with Crippen LogP contribution in [0.15, 0.2) is 108 Å². The zero-order valence-corrected chi connectivity index (χ0v) is 25.9. The predicted molar refractivity (Wildman–Crippen MR) is 175 cm³/mol. The van der Waals surface area contributed by atoms with E-state index in [1.807, 2.05) is 0 Å². The van der Waals surface area contributed by atoms with Gasteiger partial charge < -0.3 is 20.7 Å². The Morgan fingerprint density at radius 3 is 2.09 bits per heavy atom. The first-order valence-corrected chi connectivity index (χ1v) is 14.9. The van der Waals surface area contributed by atoms with Crippen molar-refractivity contribution in [2.45, 2.75) is 17.1 Å². The van der Waals surface area contributed by atoms with Crippen molar-refractivity contribution in [3.8, 4) is 0 Å². The van der Waals surface area contributed by atoms with Crippen LogP contribution in [0, 0.1) is 0 Å². The Balaban J connectivity index is 1.46. The topological polar surface area (TPSA) is 114 Å². The zero-order valence-electron chi connectivity index (χ0n) is 23.6. The van der Waals surface area contributed by atoms with Gasteiger partial charge in [0.05, 0.1) is 23.6 Å². The number of ether oxygens (including phenoxy) is 1. The molecular weight excluding hydrogens is 621 g/mol. The van der Waals surface area contributed by atoms with E-state index in [2.05, 4.69) is 16.0 Å². The first-order valence-electron chi connectivity index (χ1n) is 13.2. The number of hydrogen-bond acceptors (Lipinski definition) is 6. The van der Waals surface area contributed by atoms with Gasteiger partial charge in [0.1, 0.15) is 5.70 Å². The fourth-order valence-electron chi connectivity index (χ4n) is 3.92. The lowest BCUT2D eigenvalue weighted by molar-refractivity contribution is -0.115. The molecule has 8 nitrogen and oxygen atoms in total. The summed E-state index contributed by atoms with van der Waals surface area (Å²) in [5.74, 6) is -1.93. The van der Waals surface area contributed by atoms with Crippen LogP contribution in [-0.2, 0) is 14.3 Å². The Morgan fingerprint density at radius 2 is 1.43 bits per heavy atom. The van der Waals surface area contributed by atoms with E-state index in [1.54, 1.807) is 104 Å². The molecule has 0 saturated heterocycles. The summed E-state index contributed by atoms with van der Waals surface area (Å²) in [6.07, 6.45) is 1.42. The third-order valence-electron chi connectivity index (χ3n) is 6.20. The number of nitrogens with one attached hydrogen (secondary N) is 3. The molecule has 0 heterocycles. The van der Waals surface area contributed by atoms with E-state index < -0.39 is 23.0 Å². The number of rotatable bonds is 10. The maximum Gasteiger partial charge on any atom is 0.339 e. The van der Waals surface area contributed by atoms with Crippen LogP contribution in [-0.4, -0.2) is 36.1 Å². The van der Waals surface area contributed by atoms with Crippen LogP contribution in [0.1, 0.15) is 33.2 Å². The largest absolute Gasteiger partial charge is 0.465 e. The molecule has 0 radical (unpaired) electrons. The normalized spacial score (nSPS) is 11.7. The average Bonchev–Trinajstić information content (AvgIpc) is 3.03. The number of methoxy groups -OCH3 is 1. The molecule has 224 valence electrons. The van der Waals surface area contributed by atoms with E-state index in [1.165, 1.54) is 24.9 Å². The number of halogens is 2. The molecule has 0 aliphatic rings. The van der Waals surface area contributed by atoms with Crippen molar-refractivity contribution < 1.29 is 23.9 Å². The predicted octanol–water partition coefficient (Wildman–Crippen LogP) is 7.31. The molecule has 4 rings (SSSR count). The molecule has 0 aliphatic carbocycles. The Labute approximate surface area is 268 Å². The quantitative estimate of drug-likeness (QED) is 0.0945. The highest BCUT2D eigenvalue weighted by molar-refractivity contribution is 8.00. The minimum Gasteiger partial charge on any atom is -0.465 e. The zero-order chi connectivity index (χ0) is 31.6. The number of amides is 3. The molecule has 3 amide bonds. The summed E-state index contributed by atoms with van der Waals surface area (Å²) in [7, 11) is 1.28. The Morgan fingerprint density at radius 1 is 0.795 bits per heavy atom. The molecule has 0 aromatic heterocycles. The van der Waals surface area contributed by atoms with Crippen LogP contribution in [0.25, 0.3) is 6.08 Å². The van der Waals surface area contributed by atoms with Crippen molar-refractivity contribution in [1.29, 1.82) is 0 Å². The number of thioether (sulfide) groups is 1. The summed E-state index contributed by atoms with van der Waals surface area (Å²) < 4.78 is 4.79. The second-order valence-electron chi connectivity index (χ2n) is 9.28. The van der Waals surface area contributed by atoms with Crippen molar-refractivity contribution in [3.05, 3.63) is 129 Å². The fourth-order valence-corrected chi connectivity index (χ4v) is 5.30. The summed E-state index contributed by atoms with van der Waals surface area (Å²) in [5, 5.41) is 8.32. The minimum atomic E-state index is -0.595. The second kappa shape index (κ2) is 15.2. The van der Waals surface area contributed by atoms with E-state index in [0.717, 1.165) is 4.90 Å². The second-order valence-corrected chi connectivity index (χ2v) is 11.5. The summed E-state index contributed by atoms with van der Waals surface area (Å²) >= 11 is 13.9. The highest BCUT2D eigenvalue weighted by Crippen LogP contribution is 2.28. The smallest absolute Gasteiger partial charge is 0.339 e. The average molecular weight is 649 g/mol. The van der Waals surface area contributed by atoms with Gasteiger partial charge >= 0.3 is 5.97 Å². The summed E-state index contributed by atoms with van der Waals surface area (Å²) in [6, 6.07) is 26.9. The molecule has 1 unspecified atom stereocenters. The lowest BCUT2D eigenvalue weighted by atomic mass is 10.1. The molecule has 4 aromatic carbocycles. The van der Waals surface area contributed by atoms with E-state index in [9.17, 15) is 19.2 Å². The van der Waals surface area contributed by atoms with Crippen molar-refractivity contribution in [2.24, 2.45) is 0 Å². The summed E-state index contributed by atoms with van der Waals surface area (Å²) in [5.41, 5.74) is 1.74. The lowest BCUT2D eigenvalue weighted by Gasteiger charge is -2.15. The number of carbonyl (C=O) groups excluding carboxylic acids is 4. The first kappa shape index (κ1) is 32.3. The van der Waals surface area contributed by atoms with Crippen LogP contribution in [0.3, 0.4) is 0 Å². The maximum atomic E-state index is 13.4. The number of hydrogen-bond donors (Lipinski definition) is 3. The fraction of sp³-hybridized carbons (Fsp3) is 0.0909. The molecule has 4 aromatic rings. The molecule has 0 bridgehead atoms. The van der Waals surface area contributed by atoms with E-state index >= 15 is 0 Å². The van der Waals surface area contributed by atoms with Crippen LogP contribution in [0.5, 0.6) is 0 Å². The van der Waals surface area contributed by atoms with Gasteiger partial charge in [0.15, 0.2) is 0 Å². The third-order valence-corrected chi connectivity index (χ3v) is 7.97. The van der Waals surface area contributed by atoms with Crippen molar-refractivity contribution in [2.75, 3.05) is 17.7 Å². The SMILES string of the molecule is COC(=O)c1ccccc1NC(=O)C(C)Sc1ccc(NC(=O)/C(=C/c2c(Cl)cccc2Cl)NC(=O)c2ccccc2)cc1. The molecule has 0 fully saturated rings. The highest BCUT2D eigenvalue weighted by atomic mass is 35.5. The van der Waals surface area contributed by atoms with Gasteiger partial charge in [0.25, 0.3) is 11.8 Å². The van der Waals surface area contributed by atoms with Crippen LogP contribution < -0.4 is 16.0 Å². The monoisotopic (exact) mass is 647 g/mol. The Bertz CT molecular complexity index is 1690. The van der Waals surface area contributed by atoms with Crippen LogP contribution in [0.4, 0.5) is 11.4 Å². The Hall–Kier alpha value is -4.57. The third kappa shape index (κ3) is 8.50. The standard InChI is InChI=1S/C33H27Cl2N3O5S/c1-20(30(39)37-28-14-7-6-11-24(28)33(42)43-2)44-23-17-15-22(16-18-23)36-32(41)29(19-25-26(34)12-8-13-27(25)35)38-31(40)21-9-4-3-5-10-21/h3-20H,1-2H3,(H,36,41)(H,37,39)(H,38,40)/b29-19-. The van der Waals surface area contributed by atoms with Crippen molar-refractivity contribution in [1.82, 2.24) is 5.32 Å². The molecule has 0 spiro atoms. The molecule has 3 N–H and O–H groups in total. The molecule has 44 heavy (non-hydrogen) atoms. The number of carbonyl (C=O) groups is 4. The van der Waals surface area contributed by atoms with Gasteiger partial charge in [-0.1, -0.05) is 59.6 Å². The summed E-state index contributed by atoms with van der Waals surface area (Å²) in [6.45, 7) is 1.74. The van der Waals surface area contributed by atoms with Gasteiger partial charge in [0, 0.05) is 31.8 Å². The van der Waals surface area contributed by atoms with Gasteiger partial charge in [-0.05, 0) is 73.7 Å². The van der Waals surface area contributed by atoms with Gasteiger partial charge in [-0.15, -0.1) is 11.8 Å². The van der Waals surface area contributed by atoms with Crippen LogP contribution >= 0.6 is 35.0 Å². The highest BCUT2D eigenvalue weighted by Gasteiger charge is 2.20. The molecule has 1 atom stereocenters. The minimum absolute atomic E-state index is 0.0650. The number of benzene rings is 4. The summed E-state index contributed by atoms with van der Waals surface area (Å²) in [4.78, 5) is 51.9. The van der Waals surface area contributed by atoms with E-state index in [4.69, 9.17) is 27.9 Å². The van der Waals surface area contributed by atoms with Gasteiger partial charge in [-0.25, -0.2) is 4.79 Å². The Kier molecular flexibility index (Phi) is 11.2. The first-order chi connectivity index (χ1) is 21.2. The van der Waals surface area contributed by atoms with Gasteiger partial charge in [0.2, 0.25) is 5.91 Å². The van der Waals surface area contributed by atoms with Gasteiger partial charge in [-0.2, -0.15) is 0 Å². The molecule has 0 saturated carbocycles. The van der Waals surface area contributed by atoms with Crippen molar-refractivity contribution in [3.63, 3.8) is 0 Å². The van der Waals surface area contributed by atoms with Crippen molar-refractivity contribution >= 4 is 76.1 Å². The molecule has 11 heteroatoms. The maximum absolute atomic E-state index is 13.4. The molecular formula is C33H27Cl2N3O5S. The number of para-hydroxylation sites is 1. The van der Waals surface area contributed by atoms with E-state index in [0.29, 0.717) is 32.5 Å².